The Morgan fingerprint density at radius 1 is 1.43 bits per heavy atom. The number of aryl methyl sites for hydroxylation is 2. The minimum Gasteiger partial charge on any atom is -0.330 e. The van der Waals surface area contributed by atoms with Crippen LogP contribution in [0.5, 0.6) is 0 Å². The van der Waals surface area contributed by atoms with E-state index < -0.39 is 0 Å². The van der Waals surface area contributed by atoms with Crippen molar-refractivity contribution in [1.82, 2.24) is 4.98 Å². The second kappa shape index (κ2) is 4.41. The van der Waals surface area contributed by atoms with Gasteiger partial charge in [0.25, 0.3) is 0 Å². The maximum atomic E-state index is 5.77. The lowest BCUT2D eigenvalue weighted by Gasteiger charge is -2.20. The van der Waals surface area contributed by atoms with Gasteiger partial charge in [-0.1, -0.05) is 20.8 Å². The van der Waals surface area contributed by atoms with Gasteiger partial charge in [0.1, 0.15) is 0 Å². The number of rotatable bonds is 4. The highest BCUT2D eigenvalue weighted by Crippen LogP contribution is 2.31. The van der Waals surface area contributed by atoms with E-state index in [-0.39, 0.29) is 5.41 Å². The summed E-state index contributed by atoms with van der Waals surface area (Å²) in [6.45, 7) is 9.32. The molecule has 2 nitrogen and oxygen atoms in total. The first-order valence-corrected chi connectivity index (χ1v) is 5.99. The van der Waals surface area contributed by atoms with E-state index in [9.17, 15) is 0 Å². The molecule has 14 heavy (non-hydrogen) atoms. The number of nitrogens with two attached hydrogens (primary N) is 1. The van der Waals surface area contributed by atoms with Crippen molar-refractivity contribution in [2.75, 3.05) is 6.54 Å². The number of hydrogen-bond donors (Lipinski definition) is 1. The Labute approximate surface area is 90.6 Å². The van der Waals surface area contributed by atoms with E-state index in [1.165, 1.54) is 9.88 Å². The Morgan fingerprint density at radius 3 is 2.57 bits per heavy atom. The van der Waals surface area contributed by atoms with Gasteiger partial charge >= 0.3 is 0 Å². The maximum absolute atomic E-state index is 5.77. The van der Waals surface area contributed by atoms with Crippen LogP contribution in [0.25, 0.3) is 0 Å². The van der Waals surface area contributed by atoms with Gasteiger partial charge in [-0.3, -0.25) is 0 Å². The van der Waals surface area contributed by atoms with Crippen LogP contribution in [0.3, 0.4) is 0 Å². The average Bonchev–Trinajstić information content (AvgIpc) is 2.48. The predicted octanol–water partition coefficient (Wildman–Crippen LogP) is 2.64. The minimum atomic E-state index is 0.0771. The first-order chi connectivity index (χ1) is 6.51. The van der Waals surface area contributed by atoms with Crippen molar-refractivity contribution in [3.05, 3.63) is 15.6 Å². The van der Waals surface area contributed by atoms with E-state index in [0.29, 0.717) is 6.54 Å². The van der Waals surface area contributed by atoms with E-state index in [0.717, 1.165) is 18.5 Å². The quantitative estimate of drug-likeness (QED) is 0.833. The maximum Gasteiger partial charge on any atom is 0.0931 e. The molecule has 1 rings (SSSR count). The largest absolute Gasteiger partial charge is 0.330 e. The van der Waals surface area contributed by atoms with Crippen LogP contribution in [0.1, 0.15) is 42.8 Å². The van der Waals surface area contributed by atoms with Crippen molar-refractivity contribution in [3.8, 4) is 0 Å². The SMILES string of the molecule is CCCc1nc(C)c(C(C)(C)CN)s1. The van der Waals surface area contributed by atoms with Gasteiger partial charge in [0.05, 0.1) is 10.7 Å². The van der Waals surface area contributed by atoms with E-state index in [4.69, 9.17) is 5.73 Å². The smallest absolute Gasteiger partial charge is 0.0931 e. The molecule has 2 N–H and O–H groups in total. The van der Waals surface area contributed by atoms with E-state index in [2.05, 4.69) is 32.7 Å². The van der Waals surface area contributed by atoms with Gasteiger partial charge in [-0.2, -0.15) is 0 Å². The predicted molar refractivity (Wildman–Crippen MR) is 62.9 cm³/mol. The molecular formula is C11H20N2S. The van der Waals surface area contributed by atoms with Gasteiger partial charge in [0, 0.05) is 16.8 Å². The molecule has 0 atom stereocenters. The lowest BCUT2D eigenvalue weighted by molar-refractivity contribution is 0.546. The van der Waals surface area contributed by atoms with E-state index in [1.807, 2.05) is 11.3 Å². The zero-order valence-corrected chi connectivity index (χ0v) is 10.4. The molecule has 0 aliphatic carbocycles. The lowest BCUT2D eigenvalue weighted by atomic mass is 9.91. The van der Waals surface area contributed by atoms with Crippen LogP contribution in [-0.2, 0) is 11.8 Å². The minimum absolute atomic E-state index is 0.0771. The number of aromatic nitrogens is 1. The first kappa shape index (κ1) is 11.7. The average molecular weight is 212 g/mol. The third kappa shape index (κ3) is 2.34. The molecule has 0 unspecified atom stereocenters. The summed E-state index contributed by atoms with van der Waals surface area (Å²) in [4.78, 5) is 5.93. The monoisotopic (exact) mass is 212 g/mol. The van der Waals surface area contributed by atoms with Crippen LogP contribution in [0.15, 0.2) is 0 Å². The molecule has 0 aromatic carbocycles. The molecular weight excluding hydrogens is 192 g/mol. The summed E-state index contributed by atoms with van der Waals surface area (Å²) in [5, 5.41) is 1.25. The van der Waals surface area contributed by atoms with Crippen molar-refractivity contribution in [2.45, 2.75) is 46.0 Å². The van der Waals surface area contributed by atoms with Crippen LogP contribution in [0.2, 0.25) is 0 Å². The molecule has 0 aliphatic heterocycles. The Bertz CT molecular complexity index is 302. The third-order valence-corrected chi connectivity index (χ3v) is 4.01. The van der Waals surface area contributed by atoms with Gasteiger partial charge in [-0.25, -0.2) is 4.98 Å². The summed E-state index contributed by atoms with van der Waals surface area (Å²) in [6.07, 6.45) is 2.25. The Hall–Kier alpha value is -0.410. The second-order valence-electron chi connectivity index (χ2n) is 4.36. The Morgan fingerprint density at radius 2 is 2.07 bits per heavy atom. The zero-order chi connectivity index (χ0) is 10.8. The van der Waals surface area contributed by atoms with Crippen molar-refractivity contribution in [3.63, 3.8) is 0 Å². The van der Waals surface area contributed by atoms with Crippen LogP contribution in [0, 0.1) is 6.92 Å². The molecule has 1 aromatic rings. The summed E-state index contributed by atoms with van der Waals surface area (Å²) >= 11 is 1.82. The molecule has 0 spiro atoms. The second-order valence-corrected chi connectivity index (χ2v) is 5.44. The van der Waals surface area contributed by atoms with E-state index in [1.54, 1.807) is 0 Å². The molecule has 0 bridgehead atoms. The Balaban J connectivity index is 2.98. The summed E-state index contributed by atoms with van der Waals surface area (Å²) < 4.78 is 0. The van der Waals surface area contributed by atoms with Crippen LogP contribution in [-0.4, -0.2) is 11.5 Å². The molecule has 0 saturated heterocycles. The molecule has 0 saturated carbocycles. The summed E-state index contributed by atoms with van der Waals surface area (Å²) in [5.74, 6) is 0. The molecule has 0 fully saturated rings. The Kier molecular flexibility index (Phi) is 3.67. The van der Waals surface area contributed by atoms with Crippen molar-refractivity contribution in [2.24, 2.45) is 5.73 Å². The highest BCUT2D eigenvalue weighted by atomic mass is 32.1. The molecule has 1 aromatic heterocycles. The zero-order valence-electron chi connectivity index (χ0n) is 9.55. The van der Waals surface area contributed by atoms with Crippen molar-refractivity contribution >= 4 is 11.3 Å². The number of hydrogen-bond acceptors (Lipinski definition) is 3. The normalized spacial score (nSPS) is 12.1. The van der Waals surface area contributed by atoms with Gasteiger partial charge in [0.2, 0.25) is 0 Å². The third-order valence-electron chi connectivity index (χ3n) is 2.43. The summed E-state index contributed by atoms with van der Waals surface area (Å²) in [7, 11) is 0. The summed E-state index contributed by atoms with van der Waals surface area (Å²) in [6, 6.07) is 0. The lowest BCUT2D eigenvalue weighted by Crippen LogP contribution is -2.27. The van der Waals surface area contributed by atoms with Crippen LogP contribution in [0.4, 0.5) is 0 Å². The number of nitrogens with zero attached hydrogens (tertiary/aromatic N) is 1. The van der Waals surface area contributed by atoms with Crippen LogP contribution < -0.4 is 5.73 Å². The van der Waals surface area contributed by atoms with Gasteiger partial charge in [0.15, 0.2) is 0 Å². The topological polar surface area (TPSA) is 38.9 Å². The molecule has 3 heteroatoms. The van der Waals surface area contributed by atoms with E-state index >= 15 is 0 Å². The molecule has 80 valence electrons. The highest BCUT2D eigenvalue weighted by Gasteiger charge is 2.24. The fourth-order valence-electron chi connectivity index (χ4n) is 1.49. The molecule has 1 heterocycles. The summed E-state index contributed by atoms with van der Waals surface area (Å²) in [5.41, 5.74) is 7.01. The molecule has 0 aliphatic rings. The van der Waals surface area contributed by atoms with Crippen molar-refractivity contribution in [1.29, 1.82) is 0 Å². The van der Waals surface area contributed by atoms with Crippen LogP contribution >= 0.6 is 11.3 Å². The standard InChI is InChI=1S/C11H20N2S/c1-5-6-9-13-8(2)10(14-9)11(3,4)7-12/h5-7,12H2,1-4H3. The molecule has 0 radical (unpaired) electrons. The molecule has 0 amide bonds. The fraction of sp³-hybridized carbons (Fsp3) is 0.727. The van der Waals surface area contributed by atoms with Crippen molar-refractivity contribution < 1.29 is 0 Å². The van der Waals surface area contributed by atoms with Gasteiger partial charge in [-0.15, -0.1) is 11.3 Å². The highest BCUT2D eigenvalue weighted by molar-refractivity contribution is 7.11. The van der Waals surface area contributed by atoms with Gasteiger partial charge in [-0.05, 0) is 19.8 Å². The number of thiazole rings is 1. The fourth-order valence-corrected chi connectivity index (χ4v) is 2.77. The van der Waals surface area contributed by atoms with Gasteiger partial charge < -0.3 is 5.73 Å². The first-order valence-electron chi connectivity index (χ1n) is 5.18.